The van der Waals surface area contributed by atoms with Crippen molar-refractivity contribution in [3.63, 3.8) is 0 Å². The molecule has 0 aliphatic carbocycles. The SMILES string of the molecule is COc1cc(C(=O)NC2CCN(C)CC2)ccc1Nc1ncc2c(n1)N1CCN(c3ccccc3)C[C@@H]1C(=O)N2C.[HH].[HH]. The van der Waals surface area contributed by atoms with Crippen LogP contribution in [0.3, 0.4) is 0 Å². The highest BCUT2D eigenvalue weighted by molar-refractivity contribution is 6.05. The number of aromatic nitrogens is 2. The number of piperazine rings is 1. The number of benzene rings is 2. The number of methoxy groups -OCH3 is 1. The van der Waals surface area contributed by atoms with Crippen molar-refractivity contribution in [2.75, 3.05) is 73.9 Å². The number of para-hydroxylation sites is 1. The van der Waals surface area contributed by atoms with Crippen LogP contribution in [0.5, 0.6) is 5.75 Å². The Morgan fingerprint density at radius 3 is 2.59 bits per heavy atom. The molecule has 0 radical (unpaired) electrons. The third-order valence-corrected chi connectivity index (χ3v) is 8.26. The van der Waals surface area contributed by atoms with Gasteiger partial charge in [-0.1, -0.05) is 18.2 Å². The summed E-state index contributed by atoms with van der Waals surface area (Å²) in [7, 11) is 5.45. The van der Waals surface area contributed by atoms with E-state index in [1.54, 1.807) is 37.4 Å². The Morgan fingerprint density at radius 1 is 1.05 bits per heavy atom. The smallest absolute Gasteiger partial charge is 0.251 e. The molecule has 4 heterocycles. The lowest BCUT2D eigenvalue weighted by Crippen LogP contribution is -2.62. The number of carbonyl (C=O) groups is 2. The van der Waals surface area contributed by atoms with Crippen LogP contribution in [-0.2, 0) is 4.79 Å². The number of amides is 2. The molecule has 11 nitrogen and oxygen atoms in total. The van der Waals surface area contributed by atoms with Crippen molar-refractivity contribution in [2.45, 2.75) is 24.9 Å². The number of anilines is 5. The molecular formula is C30H40N8O3. The van der Waals surface area contributed by atoms with Crippen molar-refractivity contribution in [3.05, 3.63) is 60.3 Å². The van der Waals surface area contributed by atoms with Crippen molar-refractivity contribution in [1.82, 2.24) is 20.2 Å². The molecule has 2 aromatic carbocycles. The van der Waals surface area contributed by atoms with E-state index in [4.69, 9.17) is 9.72 Å². The first-order valence-electron chi connectivity index (χ1n) is 14.1. The van der Waals surface area contributed by atoms with Crippen LogP contribution in [0, 0.1) is 0 Å². The van der Waals surface area contributed by atoms with Gasteiger partial charge in [-0.3, -0.25) is 9.59 Å². The third kappa shape index (κ3) is 5.37. The van der Waals surface area contributed by atoms with Gasteiger partial charge >= 0.3 is 0 Å². The van der Waals surface area contributed by atoms with Gasteiger partial charge in [-0.05, 0) is 63.3 Å². The lowest BCUT2D eigenvalue weighted by Gasteiger charge is -2.47. The first-order valence-corrected chi connectivity index (χ1v) is 14.1. The molecule has 3 aromatic rings. The molecular weight excluding hydrogens is 520 g/mol. The fourth-order valence-electron chi connectivity index (χ4n) is 5.82. The molecule has 0 bridgehead atoms. The number of likely N-dealkylation sites (N-methyl/N-ethyl adjacent to an activating group) is 1. The first-order chi connectivity index (χ1) is 19.9. The Kier molecular flexibility index (Phi) is 7.36. The van der Waals surface area contributed by atoms with Crippen molar-refractivity contribution in [2.24, 2.45) is 0 Å². The number of nitrogens with one attached hydrogen (secondary N) is 2. The summed E-state index contributed by atoms with van der Waals surface area (Å²) >= 11 is 0. The molecule has 2 N–H and O–H groups in total. The molecule has 0 saturated carbocycles. The van der Waals surface area contributed by atoms with Crippen LogP contribution in [-0.4, -0.2) is 92.7 Å². The molecule has 6 rings (SSSR count). The van der Waals surface area contributed by atoms with Crippen LogP contribution < -0.4 is 30.1 Å². The molecule has 41 heavy (non-hydrogen) atoms. The van der Waals surface area contributed by atoms with E-state index in [2.05, 4.69) is 49.5 Å². The number of piperidine rings is 1. The molecule has 218 valence electrons. The second-order valence-corrected chi connectivity index (χ2v) is 10.9. The zero-order chi connectivity index (χ0) is 28.5. The van der Waals surface area contributed by atoms with Gasteiger partial charge in [-0.2, -0.15) is 4.98 Å². The van der Waals surface area contributed by atoms with E-state index in [0.29, 0.717) is 41.7 Å². The zero-order valence-corrected chi connectivity index (χ0v) is 23.7. The molecule has 2 amide bonds. The number of rotatable bonds is 6. The summed E-state index contributed by atoms with van der Waals surface area (Å²) < 4.78 is 5.62. The number of hydrogen-bond donors (Lipinski definition) is 2. The third-order valence-electron chi connectivity index (χ3n) is 8.26. The van der Waals surface area contributed by atoms with Crippen LogP contribution >= 0.6 is 0 Å². The van der Waals surface area contributed by atoms with Gasteiger partial charge in [0.25, 0.3) is 11.8 Å². The maximum Gasteiger partial charge on any atom is 0.251 e. The summed E-state index contributed by atoms with van der Waals surface area (Å²) in [6.45, 7) is 3.97. The maximum atomic E-state index is 13.3. The molecule has 0 spiro atoms. The fraction of sp³-hybridized carbons (Fsp3) is 0.400. The molecule has 0 unspecified atom stereocenters. The first kappa shape index (κ1) is 26.8. The number of hydrogen-bond acceptors (Lipinski definition) is 9. The predicted octanol–water partition coefficient (Wildman–Crippen LogP) is 3.22. The molecule has 11 heteroatoms. The van der Waals surface area contributed by atoms with Crippen molar-refractivity contribution in [3.8, 4) is 5.75 Å². The van der Waals surface area contributed by atoms with Gasteiger partial charge in [0.2, 0.25) is 5.95 Å². The summed E-state index contributed by atoms with van der Waals surface area (Å²) in [4.78, 5) is 43.8. The Bertz CT molecular complexity index is 1440. The van der Waals surface area contributed by atoms with Crippen molar-refractivity contribution >= 4 is 40.6 Å². The Morgan fingerprint density at radius 2 is 1.83 bits per heavy atom. The van der Waals surface area contributed by atoms with E-state index in [0.717, 1.165) is 44.0 Å². The van der Waals surface area contributed by atoms with E-state index in [-0.39, 0.29) is 26.8 Å². The Balaban J connectivity index is 0.00000212. The van der Waals surface area contributed by atoms with Gasteiger partial charge in [-0.25, -0.2) is 4.98 Å². The minimum absolute atomic E-state index is 0. The summed E-state index contributed by atoms with van der Waals surface area (Å²) in [5.74, 6) is 1.54. The van der Waals surface area contributed by atoms with Gasteiger partial charge in [0.05, 0.1) is 19.0 Å². The van der Waals surface area contributed by atoms with Crippen molar-refractivity contribution in [1.29, 1.82) is 0 Å². The second-order valence-electron chi connectivity index (χ2n) is 10.9. The highest BCUT2D eigenvalue weighted by Gasteiger charge is 2.41. The van der Waals surface area contributed by atoms with E-state index >= 15 is 0 Å². The van der Waals surface area contributed by atoms with Crippen LogP contribution in [0.1, 0.15) is 26.1 Å². The molecule has 2 fully saturated rings. The molecule has 2 saturated heterocycles. The zero-order valence-electron chi connectivity index (χ0n) is 23.7. The number of likely N-dealkylation sites (tertiary alicyclic amines) is 1. The minimum atomic E-state index is -0.346. The topological polar surface area (TPSA) is 106 Å². The summed E-state index contributed by atoms with van der Waals surface area (Å²) in [5.41, 5.74) is 2.97. The second kappa shape index (κ2) is 11.2. The average Bonchev–Trinajstić information content (AvgIpc) is 3.01. The van der Waals surface area contributed by atoms with Gasteiger partial charge < -0.3 is 35.0 Å². The standard InChI is InChI=1S/C30H36N8O3.2H2/c1-35-13-11-21(12-14-35)32-28(39)20-9-10-23(26(17-20)41-3)33-30-31-18-24-27(34-30)38-16-15-37(22-7-5-4-6-8-22)19-25(38)29(40)36(24)2;;/h4-10,17-18,21,25H,11-16,19H2,1-3H3,(H,32,39)(H,31,33,34);2*1H/t25-;;/m1../s1. The van der Waals surface area contributed by atoms with E-state index < -0.39 is 0 Å². The van der Waals surface area contributed by atoms with E-state index in [1.165, 1.54) is 0 Å². The summed E-state index contributed by atoms with van der Waals surface area (Å²) in [6, 6.07) is 15.3. The van der Waals surface area contributed by atoms with Gasteiger partial charge in [0.1, 0.15) is 17.5 Å². The molecule has 3 aliphatic rings. The van der Waals surface area contributed by atoms with Crippen LogP contribution in [0.25, 0.3) is 0 Å². The molecule has 1 aromatic heterocycles. The quantitative estimate of drug-likeness (QED) is 0.470. The summed E-state index contributed by atoms with van der Waals surface area (Å²) in [5, 5.41) is 6.41. The number of carbonyl (C=O) groups excluding carboxylic acids is 2. The Labute approximate surface area is 243 Å². The maximum absolute atomic E-state index is 13.3. The molecule has 1 atom stereocenters. The monoisotopic (exact) mass is 560 g/mol. The minimum Gasteiger partial charge on any atom is -0.495 e. The summed E-state index contributed by atoms with van der Waals surface area (Å²) in [6.07, 6.45) is 3.56. The van der Waals surface area contributed by atoms with Crippen LogP contribution in [0.15, 0.2) is 54.7 Å². The van der Waals surface area contributed by atoms with E-state index in [9.17, 15) is 9.59 Å². The largest absolute Gasteiger partial charge is 0.495 e. The lowest BCUT2D eigenvalue weighted by molar-refractivity contribution is -0.119. The van der Waals surface area contributed by atoms with Gasteiger partial charge in [0.15, 0.2) is 5.82 Å². The Hall–Kier alpha value is -4.38. The fourth-order valence-corrected chi connectivity index (χ4v) is 5.82. The predicted molar refractivity (Wildman–Crippen MR) is 164 cm³/mol. The highest BCUT2D eigenvalue weighted by Crippen LogP contribution is 2.37. The normalized spacial score (nSPS) is 19.4. The van der Waals surface area contributed by atoms with Crippen LogP contribution in [0.4, 0.5) is 28.8 Å². The molecule has 3 aliphatic heterocycles. The number of nitrogens with zero attached hydrogens (tertiary/aromatic N) is 6. The average molecular weight is 561 g/mol. The van der Waals surface area contributed by atoms with E-state index in [1.807, 2.05) is 24.3 Å². The van der Waals surface area contributed by atoms with Crippen LogP contribution in [0.2, 0.25) is 0 Å². The number of ether oxygens (including phenoxy) is 1. The highest BCUT2D eigenvalue weighted by atomic mass is 16.5. The number of fused-ring (bicyclic) bond motifs is 3. The lowest BCUT2D eigenvalue weighted by atomic mass is 10.0. The van der Waals surface area contributed by atoms with Crippen molar-refractivity contribution < 1.29 is 17.2 Å². The van der Waals surface area contributed by atoms with Gasteiger partial charge in [0, 0.05) is 46.8 Å². The van der Waals surface area contributed by atoms with Gasteiger partial charge in [-0.15, -0.1) is 0 Å².